The van der Waals surface area contributed by atoms with E-state index in [0.717, 1.165) is 22.4 Å². The predicted molar refractivity (Wildman–Crippen MR) is 106 cm³/mol. The van der Waals surface area contributed by atoms with Crippen LogP contribution in [0.2, 0.25) is 0 Å². The van der Waals surface area contributed by atoms with Crippen LogP contribution < -0.4 is 9.64 Å². The quantitative estimate of drug-likeness (QED) is 0.639. The summed E-state index contributed by atoms with van der Waals surface area (Å²) < 4.78 is 5.62. The Bertz CT molecular complexity index is 906. The van der Waals surface area contributed by atoms with Gasteiger partial charge in [0.2, 0.25) is 0 Å². The number of aryl methyl sites for hydroxylation is 1. The number of hydrogen-bond acceptors (Lipinski definition) is 5. The van der Waals surface area contributed by atoms with Gasteiger partial charge in [-0.3, -0.25) is 9.69 Å². The van der Waals surface area contributed by atoms with Gasteiger partial charge in [0.15, 0.2) is 15.8 Å². The van der Waals surface area contributed by atoms with Gasteiger partial charge in [0, 0.05) is 0 Å². The number of aromatic hydroxyl groups is 1. The molecule has 0 spiro atoms. The molecule has 0 saturated carbocycles. The van der Waals surface area contributed by atoms with E-state index in [2.05, 4.69) is 0 Å². The summed E-state index contributed by atoms with van der Waals surface area (Å²) in [5.41, 5.74) is 3.72. The zero-order chi connectivity index (χ0) is 18.1. The Hall–Kier alpha value is -2.31. The number of nitrogens with zero attached hydrogens (tertiary/aromatic N) is 1. The fourth-order valence-corrected chi connectivity index (χ4v) is 3.87. The van der Waals surface area contributed by atoms with Crippen molar-refractivity contribution < 1.29 is 14.6 Å². The lowest BCUT2D eigenvalue weighted by molar-refractivity contribution is -0.113. The number of rotatable bonds is 3. The molecule has 0 aliphatic carbocycles. The van der Waals surface area contributed by atoms with Crippen molar-refractivity contribution in [3.05, 3.63) is 58.0 Å². The predicted octanol–water partition coefficient (Wildman–Crippen LogP) is 4.42. The molecule has 0 atom stereocenters. The highest BCUT2D eigenvalue weighted by Gasteiger charge is 2.34. The van der Waals surface area contributed by atoms with Crippen molar-refractivity contribution in [1.82, 2.24) is 0 Å². The molecule has 2 aromatic rings. The molecule has 128 valence electrons. The van der Waals surface area contributed by atoms with Gasteiger partial charge in [0.1, 0.15) is 0 Å². The number of thioether (sulfide) groups is 1. The third kappa shape index (κ3) is 3.27. The Labute approximate surface area is 156 Å². The minimum absolute atomic E-state index is 0.0579. The Morgan fingerprint density at radius 2 is 2.00 bits per heavy atom. The van der Waals surface area contributed by atoms with Gasteiger partial charge in [-0.25, -0.2) is 0 Å². The third-order valence-electron chi connectivity index (χ3n) is 4.11. The molecule has 4 nitrogen and oxygen atoms in total. The first kappa shape index (κ1) is 17.5. The van der Waals surface area contributed by atoms with Gasteiger partial charge in [-0.1, -0.05) is 42.2 Å². The minimum Gasteiger partial charge on any atom is -0.504 e. The molecule has 1 N–H and O–H groups in total. The third-order valence-corrected chi connectivity index (χ3v) is 5.41. The highest BCUT2D eigenvalue weighted by atomic mass is 32.2. The minimum atomic E-state index is -0.143. The smallest absolute Gasteiger partial charge is 0.270 e. The van der Waals surface area contributed by atoms with Crippen LogP contribution in [0.4, 0.5) is 5.69 Å². The summed E-state index contributed by atoms with van der Waals surface area (Å²) in [5, 5.41) is 9.69. The second-order valence-electron chi connectivity index (χ2n) is 5.67. The molecule has 0 unspecified atom stereocenters. The van der Waals surface area contributed by atoms with Gasteiger partial charge in [-0.2, -0.15) is 0 Å². The fraction of sp³-hybridized carbons (Fsp3) is 0.158. The molecule has 0 radical (unpaired) electrons. The first-order valence-corrected chi connectivity index (χ1v) is 8.86. The van der Waals surface area contributed by atoms with Gasteiger partial charge < -0.3 is 9.84 Å². The monoisotopic (exact) mass is 371 g/mol. The molecule has 1 amide bonds. The first-order valence-electron chi connectivity index (χ1n) is 7.63. The number of methoxy groups -OCH3 is 1. The van der Waals surface area contributed by atoms with E-state index in [4.69, 9.17) is 17.0 Å². The maximum Gasteiger partial charge on any atom is 0.270 e. The van der Waals surface area contributed by atoms with Crippen molar-refractivity contribution in [3.63, 3.8) is 0 Å². The number of hydrogen-bond donors (Lipinski definition) is 1. The normalized spacial score (nSPS) is 16.0. The topological polar surface area (TPSA) is 49.8 Å². The highest BCUT2D eigenvalue weighted by molar-refractivity contribution is 8.27. The summed E-state index contributed by atoms with van der Waals surface area (Å²) in [6.07, 6.45) is 1.76. The number of benzene rings is 2. The lowest BCUT2D eigenvalue weighted by Gasteiger charge is -2.18. The summed E-state index contributed by atoms with van der Waals surface area (Å²) in [6, 6.07) is 10.8. The number of carbonyl (C=O) groups excluding carboxylic acids is 1. The summed E-state index contributed by atoms with van der Waals surface area (Å²) in [6.45, 7) is 3.99. The van der Waals surface area contributed by atoms with Gasteiger partial charge in [-0.05, 0) is 54.8 Å². The van der Waals surface area contributed by atoms with E-state index in [1.54, 1.807) is 23.1 Å². The average Bonchev–Trinajstić information content (AvgIpc) is 2.86. The largest absolute Gasteiger partial charge is 0.504 e. The fourth-order valence-electron chi connectivity index (χ4n) is 2.59. The number of carbonyl (C=O) groups is 1. The molecule has 1 fully saturated rings. The molecular weight excluding hydrogens is 354 g/mol. The molecule has 25 heavy (non-hydrogen) atoms. The lowest BCUT2D eigenvalue weighted by atomic mass is 10.1. The molecule has 0 bridgehead atoms. The summed E-state index contributed by atoms with van der Waals surface area (Å²) in [5.74, 6) is 0.275. The zero-order valence-electron chi connectivity index (χ0n) is 14.1. The van der Waals surface area contributed by atoms with Crippen molar-refractivity contribution in [1.29, 1.82) is 0 Å². The Morgan fingerprint density at radius 1 is 1.24 bits per heavy atom. The van der Waals surface area contributed by atoms with E-state index in [-0.39, 0.29) is 11.7 Å². The van der Waals surface area contributed by atoms with Gasteiger partial charge in [0.05, 0.1) is 17.7 Å². The summed E-state index contributed by atoms with van der Waals surface area (Å²) in [7, 11) is 1.48. The Kier molecular flexibility index (Phi) is 4.83. The van der Waals surface area contributed by atoms with Crippen LogP contribution in [0.5, 0.6) is 11.5 Å². The molecule has 6 heteroatoms. The average molecular weight is 371 g/mol. The van der Waals surface area contributed by atoms with Crippen molar-refractivity contribution in [2.45, 2.75) is 13.8 Å². The van der Waals surface area contributed by atoms with Gasteiger partial charge in [0.25, 0.3) is 5.91 Å². The molecule has 0 aromatic heterocycles. The Morgan fingerprint density at radius 3 is 2.72 bits per heavy atom. The number of ether oxygens (including phenoxy) is 1. The van der Waals surface area contributed by atoms with Crippen LogP contribution in [-0.2, 0) is 4.79 Å². The highest BCUT2D eigenvalue weighted by Crippen LogP contribution is 2.38. The van der Waals surface area contributed by atoms with Crippen LogP contribution in [0.1, 0.15) is 16.7 Å². The van der Waals surface area contributed by atoms with Gasteiger partial charge in [-0.15, -0.1) is 0 Å². The van der Waals surface area contributed by atoms with E-state index in [1.807, 2.05) is 32.0 Å². The zero-order valence-corrected chi connectivity index (χ0v) is 15.7. The maximum absolute atomic E-state index is 12.9. The number of phenolic OH excluding ortho intramolecular Hbond substituents is 1. The van der Waals surface area contributed by atoms with E-state index in [1.165, 1.54) is 24.9 Å². The Balaban J connectivity index is 1.97. The van der Waals surface area contributed by atoms with Crippen LogP contribution in [0.3, 0.4) is 0 Å². The van der Waals surface area contributed by atoms with Crippen LogP contribution in [0.15, 0.2) is 41.3 Å². The van der Waals surface area contributed by atoms with E-state index in [9.17, 15) is 9.90 Å². The molecular formula is C19H17NO3S2. The van der Waals surface area contributed by atoms with E-state index < -0.39 is 0 Å². The second-order valence-corrected chi connectivity index (χ2v) is 7.34. The van der Waals surface area contributed by atoms with Crippen LogP contribution in [-0.4, -0.2) is 22.4 Å². The van der Waals surface area contributed by atoms with Crippen molar-refractivity contribution in [2.75, 3.05) is 12.0 Å². The molecule has 1 aliphatic heterocycles. The van der Waals surface area contributed by atoms with Crippen LogP contribution in [0, 0.1) is 13.8 Å². The lowest BCUT2D eigenvalue weighted by Crippen LogP contribution is -2.28. The molecule has 3 rings (SSSR count). The van der Waals surface area contributed by atoms with Crippen LogP contribution >= 0.6 is 24.0 Å². The number of thiocarbonyl (C=S) groups is 1. The standard InChI is InChI=1S/C19H17NO3S2/c1-11-5-4-6-14(12(11)2)20-18(22)17(25-19(20)24)10-13-7-8-15(21)16(9-13)23-3/h4-10,21H,1-3H3. The molecule has 1 heterocycles. The molecule has 1 aliphatic rings. The molecule has 1 saturated heterocycles. The maximum atomic E-state index is 12.9. The van der Waals surface area contributed by atoms with Crippen molar-refractivity contribution in [2.24, 2.45) is 0 Å². The van der Waals surface area contributed by atoms with Crippen molar-refractivity contribution >= 4 is 46.0 Å². The number of amides is 1. The van der Waals surface area contributed by atoms with E-state index >= 15 is 0 Å². The SMILES string of the molecule is COc1cc(C=C2SC(=S)N(c3cccc(C)c3C)C2=O)ccc1O. The summed E-state index contributed by atoms with van der Waals surface area (Å²) >= 11 is 6.70. The van der Waals surface area contributed by atoms with Gasteiger partial charge >= 0.3 is 0 Å². The van der Waals surface area contributed by atoms with E-state index in [0.29, 0.717) is 15.0 Å². The second kappa shape index (κ2) is 6.90. The first-order chi connectivity index (χ1) is 11.9. The molecule has 2 aromatic carbocycles. The summed E-state index contributed by atoms with van der Waals surface area (Å²) in [4.78, 5) is 15.0. The van der Waals surface area contributed by atoms with Crippen LogP contribution in [0.25, 0.3) is 6.08 Å². The van der Waals surface area contributed by atoms with Crippen molar-refractivity contribution in [3.8, 4) is 11.5 Å². The number of anilines is 1. The number of phenols is 1.